The predicted octanol–water partition coefficient (Wildman–Crippen LogP) is 1.17. The Morgan fingerprint density at radius 1 is 1.35 bits per heavy atom. The van der Waals surface area contributed by atoms with E-state index in [9.17, 15) is 9.59 Å². The van der Waals surface area contributed by atoms with Gasteiger partial charge in [-0.2, -0.15) is 5.10 Å². The van der Waals surface area contributed by atoms with Gasteiger partial charge in [0.25, 0.3) is 0 Å². The van der Waals surface area contributed by atoms with Crippen LogP contribution < -0.4 is 5.32 Å². The molecule has 7 heteroatoms. The molecule has 2 heterocycles. The van der Waals surface area contributed by atoms with E-state index in [4.69, 9.17) is 0 Å². The van der Waals surface area contributed by atoms with E-state index in [-0.39, 0.29) is 18.4 Å². The molecule has 2 amide bonds. The van der Waals surface area contributed by atoms with Gasteiger partial charge in [0.1, 0.15) is 6.54 Å². The van der Waals surface area contributed by atoms with Crippen LogP contribution in [-0.4, -0.2) is 64.6 Å². The highest BCUT2D eigenvalue weighted by Crippen LogP contribution is 2.19. The minimum Gasteiger partial charge on any atom is -0.347 e. The van der Waals surface area contributed by atoms with Gasteiger partial charge in [0, 0.05) is 26.3 Å². The molecule has 0 aromatic carbocycles. The average molecular weight is 321 g/mol. The van der Waals surface area contributed by atoms with E-state index in [1.165, 1.54) is 22.4 Å². The fraction of sp³-hybridized carbons (Fsp3) is 0.688. The third-order valence-corrected chi connectivity index (χ3v) is 4.28. The molecule has 0 unspecified atom stereocenters. The number of likely N-dealkylation sites (tertiary alicyclic amines) is 1. The summed E-state index contributed by atoms with van der Waals surface area (Å²) in [6.07, 6.45) is 7.94. The van der Waals surface area contributed by atoms with E-state index in [1.807, 2.05) is 0 Å². The van der Waals surface area contributed by atoms with Crippen molar-refractivity contribution in [1.29, 1.82) is 0 Å². The van der Waals surface area contributed by atoms with Crippen molar-refractivity contribution in [1.82, 2.24) is 19.6 Å². The number of piperidine rings is 1. The first-order chi connectivity index (χ1) is 11.0. The molecule has 1 fully saturated rings. The molecule has 0 radical (unpaired) electrons. The number of carbonyl (C=O) groups is 2. The largest absolute Gasteiger partial charge is 0.347 e. The van der Waals surface area contributed by atoms with Crippen LogP contribution in [0.3, 0.4) is 0 Å². The molecular weight excluding hydrogens is 294 g/mol. The number of nitrogens with zero attached hydrogens (tertiary/aromatic N) is 4. The van der Waals surface area contributed by atoms with Crippen LogP contribution in [0.15, 0.2) is 12.4 Å². The fourth-order valence-electron chi connectivity index (χ4n) is 2.91. The van der Waals surface area contributed by atoms with Gasteiger partial charge in [0.15, 0.2) is 0 Å². The van der Waals surface area contributed by atoms with E-state index in [0.29, 0.717) is 18.3 Å². The minimum atomic E-state index is -0.0370. The van der Waals surface area contributed by atoms with Crippen LogP contribution >= 0.6 is 0 Å². The second-order valence-corrected chi connectivity index (χ2v) is 6.29. The van der Waals surface area contributed by atoms with Gasteiger partial charge in [-0.25, -0.2) is 0 Å². The quantitative estimate of drug-likeness (QED) is 0.854. The second kappa shape index (κ2) is 8.10. The molecule has 7 nitrogen and oxygen atoms in total. The third-order valence-electron chi connectivity index (χ3n) is 4.28. The number of anilines is 1. The summed E-state index contributed by atoms with van der Waals surface area (Å²) in [6.45, 7) is 3.75. The zero-order valence-electron chi connectivity index (χ0n) is 14.3. The molecule has 0 spiro atoms. The molecule has 0 bridgehead atoms. The van der Waals surface area contributed by atoms with Gasteiger partial charge in [-0.1, -0.05) is 13.3 Å². The van der Waals surface area contributed by atoms with Gasteiger partial charge in [0.2, 0.25) is 11.8 Å². The lowest BCUT2D eigenvalue weighted by Crippen LogP contribution is -2.43. The third kappa shape index (κ3) is 5.06. The van der Waals surface area contributed by atoms with Gasteiger partial charge in [-0.15, -0.1) is 0 Å². The smallest absolute Gasteiger partial charge is 0.243 e. The van der Waals surface area contributed by atoms with Gasteiger partial charge < -0.3 is 10.2 Å². The number of aromatic nitrogens is 2. The Balaban J connectivity index is 1.85. The van der Waals surface area contributed by atoms with E-state index in [2.05, 4.69) is 22.2 Å². The molecule has 23 heavy (non-hydrogen) atoms. The van der Waals surface area contributed by atoms with E-state index < -0.39 is 0 Å². The van der Waals surface area contributed by atoms with Crippen molar-refractivity contribution >= 4 is 17.5 Å². The Labute approximate surface area is 137 Å². The van der Waals surface area contributed by atoms with Crippen LogP contribution in [0, 0.1) is 0 Å². The minimum absolute atomic E-state index is 0.0242. The van der Waals surface area contributed by atoms with Crippen molar-refractivity contribution in [2.24, 2.45) is 0 Å². The molecule has 1 aromatic rings. The number of amides is 2. The summed E-state index contributed by atoms with van der Waals surface area (Å²) in [5, 5.41) is 6.98. The first kappa shape index (κ1) is 17.5. The Bertz CT molecular complexity index is 540. The van der Waals surface area contributed by atoms with Crippen molar-refractivity contribution in [3.63, 3.8) is 0 Å². The molecule has 1 aliphatic heterocycles. The highest BCUT2D eigenvalue weighted by atomic mass is 16.2. The normalized spacial score (nSPS) is 18.7. The number of nitrogens with one attached hydrogen (secondary N) is 1. The molecule has 1 aliphatic rings. The van der Waals surface area contributed by atoms with Gasteiger partial charge in [-0.05, 0) is 25.8 Å². The highest BCUT2D eigenvalue weighted by Gasteiger charge is 2.22. The van der Waals surface area contributed by atoms with Crippen molar-refractivity contribution in [2.75, 3.05) is 32.5 Å². The lowest BCUT2D eigenvalue weighted by atomic mass is 10.0. The first-order valence-corrected chi connectivity index (χ1v) is 8.26. The number of rotatable bonds is 6. The summed E-state index contributed by atoms with van der Waals surface area (Å²) in [4.78, 5) is 27.6. The lowest BCUT2D eigenvalue weighted by molar-refractivity contribution is -0.129. The number of hydrogen-bond acceptors (Lipinski definition) is 4. The molecule has 128 valence electrons. The standard InChI is InChI=1S/C16H27N5O2/c1-4-14-7-5-6-8-20(14)11-15(22)18-13-9-17-21(10-13)12-16(23)19(2)3/h9-10,14H,4-8,11-12H2,1-3H3,(H,18,22)/t14-/m1/s1. The fourth-order valence-corrected chi connectivity index (χ4v) is 2.91. The number of likely N-dealkylation sites (N-methyl/N-ethyl adjacent to an activating group) is 1. The molecular formula is C16H27N5O2. The van der Waals surface area contributed by atoms with Crippen molar-refractivity contribution in [2.45, 2.75) is 45.2 Å². The number of carbonyl (C=O) groups excluding carboxylic acids is 2. The van der Waals surface area contributed by atoms with Crippen LogP contribution in [0.5, 0.6) is 0 Å². The Kier molecular flexibility index (Phi) is 6.15. The van der Waals surface area contributed by atoms with E-state index >= 15 is 0 Å². The predicted molar refractivity (Wildman–Crippen MR) is 89.1 cm³/mol. The molecule has 1 saturated heterocycles. The van der Waals surface area contributed by atoms with E-state index in [0.717, 1.165) is 19.4 Å². The monoisotopic (exact) mass is 321 g/mol. The van der Waals surface area contributed by atoms with Crippen LogP contribution in [0.1, 0.15) is 32.6 Å². The Hall–Kier alpha value is -1.89. The lowest BCUT2D eigenvalue weighted by Gasteiger charge is -2.34. The van der Waals surface area contributed by atoms with Crippen LogP contribution in [-0.2, 0) is 16.1 Å². The van der Waals surface area contributed by atoms with Crippen molar-refractivity contribution in [3.05, 3.63) is 12.4 Å². The molecule has 1 aromatic heterocycles. The Morgan fingerprint density at radius 2 is 2.13 bits per heavy atom. The molecule has 0 saturated carbocycles. The summed E-state index contributed by atoms with van der Waals surface area (Å²) in [6, 6.07) is 0.509. The summed E-state index contributed by atoms with van der Waals surface area (Å²) in [7, 11) is 3.41. The maximum absolute atomic E-state index is 12.2. The van der Waals surface area contributed by atoms with Gasteiger partial charge >= 0.3 is 0 Å². The molecule has 2 rings (SSSR count). The average Bonchev–Trinajstić information content (AvgIpc) is 2.94. The maximum atomic E-state index is 12.2. The van der Waals surface area contributed by atoms with E-state index in [1.54, 1.807) is 26.5 Å². The van der Waals surface area contributed by atoms with Crippen LogP contribution in [0.25, 0.3) is 0 Å². The summed E-state index contributed by atoms with van der Waals surface area (Å²) in [5.41, 5.74) is 0.631. The van der Waals surface area contributed by atoms with Crippen molar-refractivity contribution < 1.29 is 9.59 Å². The number of hydrogen-bond donors (Lipinski definition) is 1. The first-order valence-electron chi connectivity index (χ1n) is 8.26. The molecule has 0 aliphatic carbocycles. The van der Waals surface area contributed by atoms with Gasteiger partial charge in [-0.3, -0.25) is 19.2 Å². The van der Waals surface area contributed by atoms with Crippen molar-refractivity contribution in [3.8, 4) is 0 Å². The summed E-state index contributed by atoms with van der Waals surface area (Å²) < 4.78 is 1.54. The van der Waals surface area contributed by atoms with Gasteiger partial charge in [0.05, 0.1) is 18.4 Å². The second-order valence-electron chi connectivity index (χ2n) is 6.29. The molecule has 1 atom stereocenters. The Morgan fingerprint density at radius 3 is 2.83 bits per heavy atom. The topological polar surface area (TPSA) is 70.5 Å². The summed E-state index contributed by atoms with van der Waals surface area (Å²) in [5.74, 6) is -0.0612. The maximum Gasteiger partial charge on any atom is 0.243 e. The highest BCUT2D eigenvalue weighted by molar-refractivity contribution is 5.92. The zero-order chi connectivity index (χ0) is 16.8. The van der Waals surface area contributed by atoms with Crippen LogP contribution in [0.2, 0.25) is 0 Å². The summed E-state index contributed by atoms with van der Waals surface area (Å²) >= 11 is 0. The van der Waals surface area contributed by atoms with Crippen LogP contribution in [0.4, 0.5) is 5.69 Å². The zero-order valence-corrected chi connectivity index (χ0v) is 14.3. The SMILES string of the molecule is CC[C@@H]1CCCCN1CC(=O)Nc1cnn(CC(=O)N(C)C)c1. The molecule has 1 N–H and O–H groups in total.